The summed E-state index contributed by atoms with van der Waals surface area (Å²) in [7, 11) is -1.50. The highest BCUT2D eigenvalue weighted by molar-refractivity contribution is 7.92. The number of nitrogens with one attached hydrogen (secondary N) is 1. The van der Waals surface area contributed by atoms with Gasteiger partial charge in [-0.15, -0.1) is 0 Å². The zero-order valence-corrected chi connectivity index (χ0v) is 27.6. The SMILES string of the molecule is CCNC(=O)[C@@H](CC)N(Cc1ccc(Cl)c(Cl)c1)C(=O)CN(c1ccc(OCC)cc1)S(=O)(=O)c1ccc(OC)c(OC)c1. The van der Waals surface area contributed by atoms with Crippen LogP contribution in [0.3, 0.4) is 0 Å². The second-order valence-electron chi connectivity index (χ2n) is 9.54. The zero-order valence-electron chi connectivity index (χ0n) is 25.3. The molecule has 0 unspecified atom stereocenters. The number of sulfonamides is 1. The maximum Gasteiger partial charge on any atom is 0.264 e. The Labute approximate surface area is 268 Å². The fraction of sp³-hybridized carbons (Fsp3) is 0.355. The third-order valence-corrected chi connectivity index (χ3v) is 9.24. The monoisotopic (exact) mass is 665 g/mol. The van der Waals surface area contributed by atoms with Gasteiger partial charge in [-0.2, -0.15) is 0 Å². The number of hydrogen-bond acceptors (Lipinski definition) is 7. The van der Waals surface area contributed by atoms with Gasteiger partial charge in [0.05, 0.1) is 41.5 Å². The Morgan fingerprint density at radius 1 is 0.886 bits per heavy atom. The number of methoxy groups -OCH3 is 2. The lowest BCUT2D eigenvalue weighted by Crippen LogP contribution is -2.52. The molecule has 0 fully saturated rings. The smallest absolute Gasteiger partial charge is 0.264 e. The summed E-state index contributed by atoms with van der Waals surface area (Å²) in [5.74, 6) is 0.117. The highest BCUT2D eigenvalue weighted by Gasteiger charge is 2.34. The van der Waals surface area contributed by atoms with Crippen molar-refractivity contribution in [2.24, 2.45) is 0 Å². The summed E-state index contributed by atoms with van der Waals surface area (Å²) in [4.78, 5) is 28.5. The predicted molar refractivity (Wildman–Crippen MR) is 171 cm³/mol. The molecule has 0 aliphatic heterocycles. The van der Waals surface area contributed by atoms with Gasteiger partial charge < -0.3 is 24.4 Å². The summed E-state index contributed by atoms with van der Waals surface area (Å²) >= 11 is 12.3. The van der Waals surface area contributed by atoms with Crippen LogP contribution in [0.4, 0.5) is 5.69 Å². The van der Waals surface area contributed by atoms with Gasteiger partial charge in [0.15, 0.2) is 11.5 Å². The van der Waals surface area contributed by atoms with Crippen LogP contribution in [0, 0.1) is 0 Å². The van der Waals surface area contributed by atoms with E-state index in [-0.39, 0.29) is 40.2 Å². The Morgan fingerprint density at radius 3 is 2.14 bits per heavy atom. The molecule has 1 atom stereocenters. The molecular weight excluding hydrogens is 629 g/mol. The average Bonchev–Trinajstić information content (AvgIpc) is 3.01. The number of anilines is 1. The minimum atomic E-state index is -4.34. The molecule has 44 heavy (non-hydrogen) atoms. The Hall–Kier alpha value is -3.67. The first-order chi connectivity index (χ1) is 21.0. The fourth-order valence-electron chi connectivity index (χ4n) is 4.55. The third-order valence-electron chi connectivity index (χ3n) is 6.73. The normalized spacial score (nSPS) is 11.8. The summed E-state index contributed by atoms with van der Waals surface area (Å²) in [5, 5.41) is 3.40. The molecule has 3 aromatic carbocycles. The van der Waals surface area contributed by atoms with Crippen molar-refractivity contribution in [3.8, 4) is 17.2 Å². The Bertz CT molecular complexity index is 1550. The molecule has 0 aliphatic rings. The van der Waals surface area contributed by atoms with Crippen LogP contribution >= 0.6 is 23.2 Å². The summed E-state index contributed by atoms with van der Waals surface area (Å²) in [5.41, 5.74) is 0.836. The van der Waals surface area contributed by atoms with E-state index in [0.717, 1.165) is 4.31 Å². The number of halogens is 2. The number of hydrogen-bond donors (Lipinski definition) is 1. The molecule has 0 spiro atoms. The summed E-state index contributed by atoms with van der Waals surface area (Å²) < 4.78 is 45.5. The van der Waals surface area contributed by atoms with E-state index in [1.165, 1.54) is 37.3 Å². The maximum atomic E-state index is 14.2. The van der Waals surface area contributed by atoms with Gasteiger partial charge in [0.25, 0.3) is 10.0 Å². The van der Waals surface area contributed by atoms with Gasteiger partial charge in [0.2, 0.25) is 11.8 Å². The minimum Gasteiger partial charge on any atom is -0.494 e. The number of ether oxygens (including phenoxy) is 3. The highest BCUT2D eigenvalue weighted by atomic mass is 35.5. The standard InChI is InChI=1S/C31H37Cl2N3O7S/c1-6-27(31(38)34-7-2)35(19-21-9-15-25(32)26(33)17-21)30(37)20-36(22-10-12-23(13-11-22)43-8-3)44(39,40)24-14-16-28(41-4)29(18-24)42-5/h9-18,27H,6-8,19-20H2,1-5H3,(H,34,38)/t27-/m1/s1. The number of nitrogens with zero attached hydrogens (tertiary/aromatic N) is 2. The van der Waals surface area contributed by atoms with E-state index >= 15 is 0 Å². The van der Waals surface area contributed by atoms with Crippen molar-refractivity contribution in [3.63, 3.8) is 0 Å². The third kappa shape index (κ3) is 8.28. The predicted octanol–water partition coefficient (Wildman–Crippen LogP) is 5.55. The molecule has 3 rings (SSSR count). The molecule has 0 aromatic heterocycles. The first-order valence-electron chi connectivity index (χ1n) is 14.0. The van der Waals surface area contributed by atoms with Crippen LogP contribution in [-0.4, -0.2) is 65.1 Å². The van der Waals surface area contributed by atoms with Crippen molar-refractivity contribution >= 4 is 50.7 Å². The van der Waals surface area contributed by atoms with Crippen molar-refractivity contribution in [1.29, 1.82) is 0 Å². The summed E-state index contributed by atoms with van der Waals surface area (Å²) in [6.45, 7) is 5.55. The van der Waals surface area contributed by atoms with Gasteiger partial charge >= 0.3 is 0 Å². The molecule has 0 heterocycles. The molecule has 0 radical (unpaired) electrons. The van der Waals surface area contributed by atoms with Gasteiger partial charge in [-0.3, -0.25) is 13.9 Å². The van der Waals surface area contributed by atoms with Crippen LogP contribution < -0.4 is 23.8 Å². The molecule has 10 nitrogen and oxygen atoms in total. The van der Waals surface area contributed by atoms with Crippen molar-refractivity contribution < 1.29 is 32.2 Å². The molecule has 3 aromatic rings. The molecule has 0 saturated carbocycles. The zero-order chi connectivity index (χ0) is 32.4. The second kappa shape index (κ2) is 15.9. The van der Waals surface area contributed by atoms with Crippen LogP contribution in [-0.2, 0) is 26.2 Å². The molecule has 2 amide bonds. The van der Waals surface area contributed by atoms with E-state index in [1.807, 2.05) is 6.92 Å². The molecule has 0 bridgehead atoms. The van der Waals surface area contributed by atoms with Crippen molar-refractivity contribution in [1.82, 2.24) is 10.2 Å². The second-order valence-corrected chi connectivity index (χ2v) is 12.2. The Balaban J connectivity index is 2.12. The molecule has 0 saturated heterocycles. The van der Waals surface area contributed by atoms with Crippen molar-refractivity contribution in [2.45, 2.75) is 44.7 Å². The van der Waals surface area contributed by atoms with Gasteiger partial charge in [0.1, 0.15) is 18.3 Å². The number of rotatable bonds is 15. The molecule has 1 N–H and O–H groups in total. The van der Waals surface area contributed by atoms with Gasteiger partial charge in [-0.25, -0.2) is 8.42 Å². The van der Waals surface area contributed by atoms with E-state index in [4.69, 9.17) is 37.4 Å². The van der Waals surface area contributed by atoms with E-state index < -0.39 is 28.5 Å². The van der Waals surface area contributed by atoms with E-state index in [1.54, 1.807) is 56.3 Å². The van der Waals surface area contributed by atoms with Crippen molar-refractivity contribution in [2.75, 3.05) is 38.2 Å². The van der Waals surface area contributed by atoms with E-state index in [0.29, 0.717) is 35.2 Å². The topological polar surface area (TPSA) is 114 Å². The fourth-order valence-corrected chi connectivity index (χ4v) is 6.31. The lowest BCUT2D eigenvalue weighted by molar-refractivity contribution is -0.140. The molecule has 238 valence electrons. The van der Waals surface area contributed by atoms with Crippen LogP contribution in [0.25, 0.3) is 0 Å². The first-order valence-corrected chi connectivity index (χ1v) is 16.2. The van der Waals surface area contributed by atoms with E-state index in [9.17, 15) is 18.0 Å². The van der Waals surface area contributed by atoms with Gasteiger partial charge in [0, 0.05) is 19.2 Å². The van der Waals surface area contributed by atoms with Crippen molar-refractivity contribution in [3.05, 3.63) is 76.3 Å². The van der Waals surface area contributed by atoms with Crippen LogP contribution in [0.5, 0.6) is 17.2 Å². The lowest BCUT2D eigenvalue weighted by atomic mass is 10.1. The Morgan fingerprint density at radius 2 is 1.57 bits per heavy atom. The number of benzene rings is 3. The number of carbonyl (C=O) groups excluding carboxylic acids is 2. The van der Waals surface area contributed by atoms with Crippen LogP contribution in [0.15, 0.2) is 65.6 Å². The largest absolute Gasteiger partial charge is 0.494 e. The summed E-state index contributed by atoms with van der Waals surface area (Å²) in [6, 6.07) is 14.6. The minimum absolute atomic E-state index is 0.0150. The maximum absolute atomic E-state index is 14.2. The van der Waals surface area contributed by atoms with E-state index in [2.05, 4.69) is 5.32 Å². The summed E-state index contributed by atoms with van der Waals surface area (Å²) in [6.07, 6.45) is 0.282. The molecule has 13 heteroatoms. The Kier molecular flexibility index (Phi) is 12.6. The molecule has 0 aliphatic carbocycles. The first kappa shape index (κ1) is 34.8. The average molecular weight is 667 g/mol. The van der Waals surface area contributed by atoms with Gasteiger partial charge in [-0.05, 0) is 74.4 Å². The quantitative estimate of drug-likeness (QED) is 0.226. The number of likely N-dealkylation sites (N-methyl/N-ethyl adjacent to an activating group) is 1. The van der Waals surface area contributed by atoms with Gasteiger partial charge in [-0.1, -0.05) is 36.2 Å². The highest BCUT2D eigenvalue weighted by Crippen LogP contribution is 2.33. The molecular formula is C31H37Cl2N3O7S. The number of amides is 2. The van der Waals surface area contributed by atoms with Crippen LogP contribution in [0.1, 0.15) is 32.8 Å². The lowest BCUT2D eigenvalue weighted by Gasteiger charge is -2.33. The number of carbonyl (C=O) groups is 2. The van der Waals surface area contributed by atoms with Crippen LogP contribution in [0.2, 0.25) is 10.0 Å².